The van der Waals surface area contributed by atoms with Crippen LogP contribution in [0, 0.1) is 10.1 Å². The van der Waals surface area contributed by atoms with Gasteiger partial charge in [-0.15, -0.1) is 0 Å². The quantitative estimate of drug-likeness (QED) is 0.539. The molecule has 1 aromatic carbocycles. The SMILES string of the molecule is O=C([O-])c1ccnc2ccc([N+](=O)[O-])cc12. The molecule has 16 heavy (non-hydrogen) atoms. The van der Waals surface area contributed by atoms with Gasteiger partial charge in [0, 0.05) is 29.3 Å². The number of benzene rings is 1. The van der Waals surface area contributed by atoms with Gasteiger partial charge in [-0.3, -0.25) is 15.1 Å². The van der Waals surface area contributed by atoms with Gasteiger partial charge in [-0.1, -0.05) is 0 Å². The summed E-state index contributed by atoms with van der Waals surface area (Å²) in [7, 11) is 0. The van der Waals surface area contributed by atoms with Crippen molar-refractivity contribution in [2.75, 3.05) is 0 Å². The Morgan fingerprint density at radius 3 is 2.69 bits per heavy atom. The van der Waals surface area contributed by atoms with Gasteiger partial charge in [0.1, 0.15) is 0 Å². The van der Waals surface area contributed by atoms with Crippen molar-refractivity contribution in [3.8, 4) is 0 Å². The molecule has 6 heteroatoms. The van der Waals surface area contributed by atoms with E-state index in [2.05, 4.69) is 4.98 Å². The van der Waals surface area contributed by atoms with Gasteiger partial charge in [-0.2, -0.15) is 0 Å². The molecule has 0 amide bonds. The Bertz CT molecular complexity index is 594. The number of carbonyl (C=O) groups excluding carboxylic acids is 1. The summed E-state index contributed by atoms with van der Waals surface area (Å²) in [6.45, 7) is 0. The van der Waals surface area contributed by atoms with Gasteiger partial charge in [0.15, 0.2) is 0 Å². The lowest BCUT2D eigenvalue weighted by Crippen LogP contribution is -2.22. The highest BCUT2D eigenvalue weighted by atomic mass is 16.6. The molecule has 0 radical (unpaired) electrons. The molecule has 1 heterocycles. The Balaban J connectivity index is 2.78. The van der Waals surface area contributed by atoms with Crippen LogP contribution >= 0.6 is 0 Å². The Kier molecular flexibility index (Phi) is 2.24. The molecule has 0 atom stereocenters. The molecule has 0 bridgehead atoms. The standard InChI is InChI=1S/C10H6N2O4/c13-10(14)7-3-4-11-9-2-1-6(12(15)16)5-8(7)9/h1-5H,(H,13,14)/p-1. The first-order valence-electron chi connectivity index (χ1n) is 4.34. The highest BCUT2D eigenvalue weighted by Gasteiger charge is 2.09. The maximum Gasteiger partial charge on any atom is 0.270 e. The van der Waals surface area contributed by atoms with E-state index in [9.17, 15) is 20.0 Å². The fraction of sp³-hybridized carbons (Fsp3) is 0. The summed E-state index contributed by atoms with van der Waals surface area (Å²) in [5, 5.41) is 21.5. The molecule has 6 nitrogen and oxygen atoms in total. The molecular weight excluding hydrogens is 212 g/mol. The molecule has 2 rings (SSSR count). The predicted octanol–water partition coefficient (Wildman–Crippen LogP) is 0.506. The van der Waals surface area contributed by atoms with Gasteiger partial charge in [0.2, 0.25) is 0 Å². The van der Waals surface area contributed by atoms with E-state index in [-0.39, 0.29) is 16.6 Å². The van der Waals surface area contributed by atoms with E-state index in [0.717, 1.165) is 0 Å². The van der Waals surface area contributed by atoms with Crippen LogP contribution in [0.15, 0.2) is 30.5 Å². The van der Waals surface area contributed by atoms with Gasteiger partial charge in [0.05, 0.1) is 16.4 Å². The zero-order valence-corrected chi connectivity index (χ0v) is 7.91. The van der Waals surface area contributed by atoms with Crippen LogP contribution in [0.3, 0.4) is 0 Å². The van der Waals surface area contributed by atoms with Gasteiger partial charge in [0.25, 0.3) is 5.69 Å². The summed E-state index contributed by atoms with van der Waals surface area (Å²) >= 11 is 0. The summed E-state index contributed by atoms with van der Waals surface area (Å²) in [4.78, 5) is 24.7. The summed E-state index contributed by atoms with van der Waals surface area (Å²) in [5.74, 6) is -1.38. The van der Waals surface area contributed by atoms with Crippen molar-refractivity contribution >= 4 is 22.6 Å². The first kappa shape index (κ1) is 10.0. The van der Waals surface area contributed by atoms with Crippen LogP contribution in [0.2, 0.25) is 0 Å². The van der Waals surface area contributed by atoms with Crippen LogP contribution in [-0.2, 0) is 0 Å². The van der Waals surface area contributed by atoms with Gasteiger partial charge >= 0.3 is 0 Å². The molecule has 0 N–H and O–H groups in total. The monoisotopic (exact) mass is 217 g/mol. The minimum absolute atomic E-state index is 0.103. The third kappa shape index (κ3) is 1.56. The van der Waals surface area contributed by atoms with Crippen molar-refractivity contribution in [2.24, 2.45) is 0 Å². The lowest BCUT2D eigenvalue weighted by Gasteiger charge is -2.05. The van der Waals surface area contributed by atoms with Gasteiger partial charge in [-0.05, 0) is 12.1 Å². The lowest BCUT2D eigenvalue weighted by atomic mass is 10.1. The smallest absolute Gasteiger partial charge is 0.270 e. The molecule has 0 aliphatic carbocycles. The largest absolute Gasteiger partial charge is 0.545 e. The maximum absolute atomic E-state index is 10.8. The minimum Gasteiger partial charge on any atom is -0.545 e. The number of aromatic nitrogens is 1. The Hall–Kier alpha value is -2.50. The normalized spacial score (nSPS) is 10.2. The van der Waals surface area contributed by atoms with Crippen LogP contribution in [0.25, 0.3) is 10.9 Å². The number of carbonyl (C=O) groups is 1. The number of hydrogen-bond donors (Lipinski definition) is 0. The number of aromatic carboxylic acids is 1. The number of nitro benzene ring substituents is 1. The minimum atomic E-state index is -1.38. The number of rotatable bonds is 2. The maximum atomic E-state index is 10.8. The van der Waals surface area contributed by atoms with Crippen LogP contribution in [0.5, 0.6) is 0 Å². The van der Waals surface area contributed by atoms with Gasteiger partial charge < -0.3 is 9.90 Å². The number of hydrogen-bond acceptors (Lipinski definition) is 5. The second-order valence-corrected chi connectivity index (χ2v) is 3.10. The van der Waals surface area contributed by atoms with Crippen molar-refractivity contribution in [1.82, 2.24) is 4.98 Å². The van der Waals surface area contributed by atoms with Crippen LogP contribution in [0.1, 0.15) is 10.4 Å². The van der Waals surface area contributed by atoms with E-state index < -0.39 is 10.9 Å². The van der Waals surface area contributed by atoms with Crippen LogP contribution in [-0.4, -0.2) is 15.9 Å². The molecule has 0 saturated heterocycles. The number of pyridine rings is 1. The number of carboxylic acid groups (broad SMARTS) is 1. The number of nitrogens with zero attached hydrogens (tertiary/aromatic N) is 2. The molecular formula is C10H5N2O4-. The topological polar surface area (TPSA) is 96.2 Å². The van der Waals surface area contributed by atoms with E-state index in [1.165, 1.54) is 30.5 Å². The molecule has 0 fully saturated rings. The van der Waals surface area contributed by atoms with E-state index in [1.54, 1.807) is 0 Å². The molecule has 0 aliphatic rings. The second-order valence-electron chi connectivity index (χ2n) is 3.10. The van der Waals surface area contributed by atoms with Crippen molar-refractivity contribution in [3.63, 3.8) is 0 Å². The summed E-state index contributed by atoms with van der Waals surface area (Å²) in [5.41, 5.74) is 0.101. The Morgan fingerprint density at radius 2 is 2.06 bits per heavy atom. The Morgan fingerprint density at radius 1 is 1.31 bits per heavy atom. The van der Waals surface area contributed by atoms with Crippen molar-refractivity contribution in [1.29, 1.82) is 0 Å². The van der Waals surface area contributed by atoms with E-state index in [4.69, 9.17) is 0 Å². The third-order valence-electron chi connectivity index (χ3n) is 2.16. The summed E-state index contributed by atoms with van der Waals surface area (Å²) in [6.07, 6.45) is 1.32. The molecule has 0 aliphatic heterocycles. The average molecular weight is 217 g/mol. The summed E-state index contributed by atoms with van der Waals surface area (Å²) < 4.78 is 0. The third-order valence-corrected chi connectivity index (χ3v) is 2.16. The molecule has 0 saturated carbocycles. The molecule has 1 aromatic heterocycles. The predicted molar refractivity (Wildman–Crippen MR) is 52.7 cm³/mol. The highest BCUT2D eigenvalue weighted by molar-refractivity contribution is 6.01. The van der Waals surface area contributed by atoms with Gasteiger partial charge in [-0.25, -0.2) is 0 Å². The van der Waals surface area contributed by atoms with Crippen LogP contribution < -0.4 is 5.11 Å². The van der Waals surface area contributed by atoms with Crippen LogP contribution in [0.4, 0.5) is 5.69 Å². The molecule has 2 aromatic rings. The van der Waals surface area contributed by atoms with E-state index >= 15 is 0 Å². The number of non-ortho nitro benzene ring substituents is 1. The van der Waals surface area contributed by atoms with E-state index in [1.807, 2.05) is 0 Å². The number of nitro groups is 1. The molecule has 0 unspecified atom stereocenters. The highest BCUT2D eigenvalue weighted by Crippen LogP contribution is 2.21. The molecule has 80 valence electrons. The number of carboxylic acids is 1. The Labute approximate surface area is 89.3 Å². The first-order valence-corrected chi connectivity index (χ1v) is 4.34. The zero-order chi connectivity index (χ0) is 11.7. The lowest BCUT2D eigenvalue weighted by molar-refractivity contribution is -0.384. The number of fused-ring (bicyclic) bond motifs is 1. The van der Waals surface area contributed by atoms with Crippen molar-refractivity contribution in [2.45, 2.75) is 0 Å². The first-order chi connectivity index (χ1) is 7.59. The zero-order valence-electron chi connectivity index (χ0n) is 7.91. The van der Waals surface area contributed by atoms with E-state index in [0.29, 0.717) is 5.52 Å². The summed E-state index contributed by atoms with van der Waals surface area (Å²) in [6, 6.07) is 5.10. The van der Waals surface area contributed by atoms with Crippen molar-refractivity contribution < 1.29 is 14.8 Å². The molecule has 0 spiro atoms. The fourth-order valence-electron chi connectivity index (χ4n) is 1.43. The second kappa shape index (κ2) is 3.58. The van der Waals surface area contributed by atoms with Crippen molar-refractivity contribution in [3.05, 3.63) is 46.1 Å². The fourth-order valence-corrected chi connectivity index (χ4v) is 1.43. The average Bonchev–Trinajstić information content (AvgIpc) is 2.27.